The molecule has 3 rings (SSSR count). The number of oxazole rings is 1. The summed E-state index contributed by atoms with van der Waals surface area (Å²) in [5, 5.41) is 2.84. The van der Waals surface area contributed by atoms with Gasteiger partial charge < -0.3 is 15.5 Å². The van der Waals surface area contributed by atoms with E-state index < -0.39 is 6.04 Å². The van der Waals surface area contributed by atoms with Crippen LogP contribution < -0.4 is 11.1 Å². The molecule has 0 saturated carbocycles. The third kappa shape index (κ3) is 4.83. The predicted molar refractivity (Wildman–Crippen MR) is 107 cm³/mol. The lowest BCUT2D eigenvalue weighted by Gasteiger charge is -2.10. The van der Waals surface area contributed by atoms with Crippen molar-refractivity contribution >= 4 is 11.6 Å². The van der Waals surface area contributed by atoms with E-state index >= 15 is 0 Å². The molecular formula is C22H25N3O2. The number of benzene rings is 2. The van der Waals surface area contributed by atoms with Crippen LogP contribution in [0.5, 0.6) is 0 Å². The summed E-state index contributed by atoms with van der Waals surface area (Å²) in [5.41, 5.74) is 9.46. The van der Waals surface area contributed by atoms with Crippen molar-refractivity contribution in [3.05, 3.63) is 83.6 Å². The first-order chi connectivity index (χ1) is 13.1. The van der Waals surface area contributed by atoms with E-state index in [0.717, 1.165) is 17.7 Å². The third-order valence-corrected chi connectivity index (χ3v) is 4.72. The molecule has 0 spiro atoms. The second kappa shape index (κ2) is 8.64. The number of hydrogen-bond donors (Lipinski definition) is 2. The molecule has 3 N–H and O–H groups in total. The second-order valence-electron chi connectivity index (χ2n) is 6.75. The summed E-state index contributed by atoms with van der Waals surface area (Å²) in [6.07, 6.45) is 3.03. The number of hydrogen-bond acceptors (Lipinski definition) is 4. The van der Waals surface area contributed by atoms with Crippen molar-refractivity contribution in [1.82, 2.24) is 4.98 Å². The normalized spacial score (nSPS) is 13.1. The Morgan fingerprint density at radius 2 is 1.85 bits per heavy atom. The smallest absolute Gasteiger partial charge is 0.277 e. The molecule has 1 aromatic heterocycles. The number of aromatic nitrogens is 1. The standard InChI is InChI=1S/C22H25N3O2/c1-3-15(2)17-9-11-18(12-10-17)24-21(26)20-14-27-22(25-20)19(23)13-16-7-5-4-6-8-16/h4-12,14-15,19H,3,13,23H2,1-2H3,(H,24,26). The topological polar surface area (TPSA) is 81.2 Å². The Kier molecular flexibility index (Phi) is 6.04. The monoisotopic (exact) mass is 363 g/mol. The van der Waals surface area contributed by atoms with Crippen molar-refractivity contribution in [2.45, 2.75) is 38.6 Å². The molecule has 0 saturated heterocycles. The summed E-state index contributed by atoms with van der Waals surface area (Å²) in [6, 6.07) is 17.4. The minimum absolute atomic E-state index is 0.222. The van der Waals surface area contributed by atoms with Gasteiger partial charge in [-0.2, -0.15) is 0 Å². The van der Waals surface area contributed by atoms with Crippen molar-refractivity contribution in [3.63, 3.8) is 0 Å². The van der Waals surface area contributed by atoms with E-state index in [4.69, 9.17) is 10.2 Å². The van der Waals surface area contributed by atoms with Crippen molar-refractivity contribution in [3.8, 4) is 0 Å². The summed E-state index contributed by atoms with van der Waals surface area (Å²) in [5.74, 6) is 0.545. The molecule has 5 nitrogen and oxygen atoms in total. The maximum Gasteiger partial charge on any atom is 0.277 e. The molecule has 1 heterocycles. The van der Waals surface area contributed by atoms with Crippen LogP contribution in [0.3, 0.4) is 0 Å². The summed E-state index contributed by atoms with van der Waals surface area (Å²) < 4.78 is 5.43. The van der Waals surface area contributed by atoms with Gasteiger partial charge in [-0.25, -0.2) is 4.98 Å². The summed E-state index contributed by atoms with van der Waals surface area (Å²) >= 11 is 0. The van der Waals surface area contributed by atoms with Gasteiger partial charge in [-0.15, -0.1) is 0 Å². The molecule has 0 bridgehead atoms. The highest BCUT2D eigenvalue weighted by Gasteiger charge is 2.17. The van der Waals surface area contributed by atoms with E-state index in [-0.39, 0.29) is 11.6 Å². The van der Waals surface area contributed by atoms with Crippen molar-refractivity contribution in [1.29, 1.82) is 0 Å². The van der Waals surface area contributed by atoms with Gasteiger partial charge in [-0.05, 0) is 42.0 Å². The first-order valence-corrected chi connectivity index (χ1v) is 9.23. The lowest BCUT2D eigenvalue weighted by atomic mass is 9.99. The minimum atomic E-state index is -0.399. The molecule has 1 amide bonds. The molecule has 3 aromatic rings. The Labute approximate surface area is 159 Å². The van der Waals surface area contributed by atoms with Gasteiger partial charge in [0.2, 0.25) is 5.89 Å². The van der Waals surface area contributed by atoms with Gasteiger partial charge in [0.15, 0.2) is 5.69 Å². The van der Waals surface area contributed by atoms with Crippen molar-refractivity contribution in [2.75, 3.05) is 5.32 Å². The van der Waals surface area contributed by atoms with E-state index in [1.54, 1.807) is 0 Å². The maximum absolute atomic E-state index is 12.4. The van der Waals surface area contributed by atoms with Gasteiger partial charge in [-0.3, -0.25) is 4.79 Å². The summed E-state index contributed by atoms with van der Waals surface area (Å²) in [4.78, 5) is 16.7. The third-order valence-electron chi connectivity index (χ3n) is 4.72. The minimum Gasteiger partial charge on any atom is -0.446 e. The van der Waals surface area contributed by atoms with Crippen LogP contribution in [-0.4, -0.2) is 10.9 Å². The quantitative estimate of drug-likeness (QED) is 0.638. The largest absolute Gasteiger partial charge is 0.446 e. The zero-order valence-electron chi connectivity index (χ0n) is 15.7. The van der Waals surface area contributed by atoms with Gasteiger partial charge in [0.25, 0.3) is 5.91 Å². The SMILES string of the molecule is CCC(C)c1ccc(NC(=O)c2coc(C(N)Cc3ccccc3)n2)cc1. The van der Waals surface area contributed by atoms with Crippen LogP contribution in [0.25, 0.3) is 0 Å². The maximum atomic E-state index is 12.4. The molecule has 0 fully saturated rings. The van der Waals surface area contributed by atoms with Gasteiger partial charge >= 0.3 is 0 Å². The van der Waals surface area contributed by atoms with Crippen LogP contribution in [0, 0.1) is 0 Å². The number of carbonyl (C=O) groups excluding carboxylic acids is 1. The Morgan fingerprint density at radius 1 is 1.15 bits per heavy atom. The number of nitrogens with two attached hydrogens (primary N) is 1. The molecule has 0 radical (unpaired) electrons. The van der Waals surface area contributed by atoms with E-state index in [9.17, 15) is 4.79 Å². The lowest BCUT2D eigenvalue weighted by Crippen LogP contribution is -2.16. The van der Waals surface area contributed by atoms with Gasteiger partial charge in [0.1, 0.15) is 6.26 Å². The molecule has 2 atom stereocenters. The van der Waals surface area contributed by atoms with Crippen LogP contribution in [0.1, 0.15) is 59.7 Å². The Balaban J connectivity index is 1.62. The Hall–Kier alpha value is -2.92. The fourth-order valence-electron chi connectivity index (χ4n) is 2.84. The van der Waals surface area contributed by atoms with Gasteiger partial charge in [-0.1, -0.05) is 56.3 Å². The van der Waals surface area contributed by atoms with Crippen molar-refractivity contribution in [2.24, 2.45) is 5.73 Å². The molecule has 2 aromatic carbocycles. The number of rotatable bonds is 7. The highest BCUT2D eigenvalue weighted by atomic mass is 16.3. The molecular weight excluding hydrogens is 338 g/mol. The van der Waals surface area contributed by atoms with Crippen LogP contribution in [0.2, 0.25) is 0 Å². The number of anilines is 1. The molecule has 0 aliphatic carbocycles. The summed E-state index contributed by atoms with van der Waals surface area (Å²) in [7, 11) is 0. The van der Waals surface area contributed by atoms with Crippen LogP contribution in [0.15, 0.2) is 65.3 Å². The number of nitrogens with one attached hydrogen (secondary N) is 1. The summed E-state index contributed by atoms with van der Waals surface area (Å²) in [6.45, 7) is 4.34. The number of nitrogens with zero attached hydrogens (tertiary/aromatic N) is 1. The van der Waals surface area contributed by atoms with E-state index in [2.05, 4.69) is 24.1 Å². The van der Waals surface area contributed by atoms with Gasteiger partial charge in [0.05, 0.1) is 6.04 Å². The molecule has 2 unspecified atom stereocenters. The average Bonchev–Trinajstić information content (AvgIpc) is 3.19. The van der Waals surface area contributed by atoms with Crippen LogP contribution >= 0.6 is 0 Å². The molecule has 5 heteroatoms. The van der Waals surface area contributed by atoms with Crippen LogP contribution in [-0.2, 0) is 6.42 Å². The Morgan fingerprint density at radius 3 is 2.52 bits per heavy atom. The predicted octanol–water partition coefficient (Wildman–Crippen LogP) is 4.68. The highest BCUT2D eigenvalue weighted by molar-refractivity contribution is 6.02. The van der Waals surface area contributed by atoms with E-state index in [1.165, 1.54) is 11.8 Å². The number of carbonyl (C=O) groups is 1. The van der Waals surface area contributed by atoms with E-state index in [1.807, 2.05) is 54.6 Å². The lowest BCUT2D eigenvalue weighted by molar-refractivity contribution is 0.102. The van der Waals surface area contributed by atoms with E-state index in [0.29, 0.717) is 18.2 Å². The first kappa shape index (κ1) is 18.9. The van der Waals surface area contributed by atoms with Crippen molar-refractivity contribution < 1.29 is 9.21 Å². The zero-order valence-corrected chi connectivity index (χ0v) is 15.7. The van der Waals surface area contributed by atoms with Crippen LogP contribution in [0.4, 0.5) is 5.69 Å². The highest BCUT2D eigenvalue weighted by Crippen LogP contribution is 2.21. The Bertz CT molecular complexity index is 872. The molecule has 0 aliphatic heterocycles. The number of amides is 1. The zero-order chi connectivity index (χ0) is 19.2. The molecule has 0 aliphatic rings. The second-order valence-corrected chi connectivity index (χ2v) is 6.75. The molecule has 27 heavy (non-hydrogen) atoms. The first-order valence-electron chi connectivity index (χ1n) is 9.23. The fraction of sp³-hybridized carbons (Fsp3) is 0.273. The fourth-order valence-corrected chi connectivity index (χ4v) is 2.84. The average molecular weight is 363 g/mol. The molecule has 140 valence electrons. The van der Waals surface area contributed by atoms with Gasteiger partial charge in [0, 0.05) is 5.69 Å².